The van der Waals surface area contributed by atoms with Crippen LogP contribution in [0.4, 0.5) is 0 Å². The maximum Gasteiger partial charge on any atom is 0.309 e. The van der Waals surface area contributed by atoms with Crippen molar-refractivity contribution in [3.8, 4) is 0 Å². The van der Waals surface area contributed by atoms with Crippen LogP contribution < -0.4 is 0 Å². The Morgan fingerprint density at radius 3 is 2.87 bits per heavy atom. The molecule has 0 heterocycles. The van der Waals surface area contributed by atoms with Crippen LogP contribution in [-0.4, -0.2) is 35.0 Å². The molecule has 0 radical (unpaired) electrons. The summed E-state index contributed by atoms with van der Waals surface area (Å²) in [5.74, 6) is -0.472. The normalized spacial score (nSPS) is 30.9. The summed E-state index contributed by atoms with van der Waals surface area (Å²) in [5.41, 5.74) is 0. The molecule has 0 aliphatic heterocycles. The minimum atomic E-state index is -0.768. The first kappa shape index (κ1) is 12.2. The molecular weight excluding hydrogens is 196 g/mol. The number of ether oxygens (including phenoxy) is 1. The topological polar surface area (TPSA) is 66.8 Å². The molecule has 3 atom stereocenters. The van der Waals surface area contributed by atoms with E-state index in [0.29, 0.717) is 6.42 Å². The van der Waals surface area contributed by atoms with E-state index in [9.17, 15) is 15.0 Å². The Hall–Kier alpha value is -0.870. The van der Waals surface area contributed by atoms with E-state index in [-0.39, 0.29) is 24.9 Å². The summed E-state index contributed by atoms with van der Waals surface area (Å²) >= 11 is 0. The van der Waals surface area contributed by atoms with Gasteiger partial charge in [-0.2, -0.15) is 0 Å². The zero-order chi connectivity index (χ0) is 11.3. The van der Waals surface area contributed by atoms with Crippen LogP contribution in [0.2, 0.25) is 0 Å². The second-order valence-corrected chi connectivity index (χ2v) is 3.92. The molecular formula is C11H18O4. The molecule has 2 N–H and O–H groups in total. The standard InChI is InChI=1S/C11H18O4/c1-2-4-10(13)15-7-8-5-3-6-9(12)11(8)14/h2,8-9,11-12,14H,1,3-7H2. The van der Waals surface area contributed by atoms with Crippen molar-refractivity contribution in [2.45, 2.75) is 37.9 Å². The van der Waals surface area contributed by atoms with Gasteiger partial charge in [-0.05, 0) is 12.8 Å². The largest absolute Gasteiger partial charge is 0.465 e. The molecule has 0 saturated heterocycles. The van der Waals surface area contributed by atoms with Gasteiger partial charge in [0.05, 0.1) is 25.2 Å². The van der Waals surface area contributed by atoms with Crippen molar-refractivity contribution < 1.29 is 19.7 Å². The molecule has 1 fully saturated rings. The number of aliphatic hydroxyl groups is 2. The Labute approximate surface area is 89.6 Å². The van der Waals surface area contributed by atoms with Crippen molar-refractivity contribution in [1.82, 2.24) is 0 Å². The van der Waals surface area contributed by atoms with Crippen molar-refractivity contribution in [3.05, 3.63) is 12.7 Å². The Morgan fingerprint density at radius 1 is 1.47 bits per heavy atom. The molecule has 15 heavy (non-hydrogen) atoms. The van der Waals surface area contributed by atoms with E-state index in [4.69, 9.17) is 4.74 Å². The van der Waals surface area contributed by atoms with Gasteiger partial charge in [0.2, 0.25) is 0 Å². The third-order valence-corrected chi connectivity index (χ3v) is 2.72. The van der Waals surface area contributed by atoms with Crippen LogP contribution in [0.25, 0.3) is 0 Å². The summed E-state index contributed by atoms with van der Waals surface area (Å²) in [6, 6.07) is 0. The predicted octanol–water partition coefficient (Wildman–Crippen LogP) is 0.628. The van der Waals surface area contributed by atoms with Crippen LogP contribution in [0.15, 0.2) is 12.7 Å². The summed E-state index contributed by atoms with van der Waals surface area (Å²) in [4.78, 5) is 11.0. The number of carbonyl (C=O) groups excluding carboxylic acids is 1. The van der Waals surface area contributed by atoms with Crippen LogP contribution in [0, 0.1) is 5.92 Å². The average Bonchev–Trinajstić information content (AvgIpc) is 2.21. The number of hydrogen-bond acceptors (Lipinski definition) is 4. The molecule has 1 aliphatic rings. The highest BCUT2D eigenvalue weighted by molar-refractivity contribution is 5.70. The lowest BCUT2D eigenvalue weighted by atomic mass is 9.85. The Bertz CT molecular complexity index is 227. The van der Waals surface area contributed by atoms with Gasteiger partial charge in [-0.25, -0.2) is 0 Å². The van der Waals surface area contributed by atoms with Crippen molar-refractivity contribution in [1.29, 1.82) is 0 Å². The number of hydrogen-bond donors (Lipinski definition) is 2. The van der Waals surface area contributed by atoms with E-state index in [0.717, 1.165) is 12.8 Å². The second kappa shape index (κ2) is 5.88. The van der Waals surface area contributed by atoms with E-state index < -0.39 is 12.2 Å². The van der Waals surface area contributed by atoms with E-state index in [1.807, 2.05) is 0 Å². The molecule has 3 unspecified atom stereocenters. The number of aliphatic hydroxyl groups excluding tert-OH is 2. The van der Waals surface area contributed by atoms with Gasteiger partial charge in [0, 0.05) is 5.92 Å². The Morgan fingerprint density at radius 2 is 2.20 bits per heavy atom. The molecule has 1 saturated carbocycles. The van der Waals surface area contributed by atoms with Gasteiger partial charge < -0.3 is 14.9 Å². The summed E-state index contributed by atoms with van der Waals surface area (Å²) < 4.78 is 4.96. The molecule has 4 nitrogen and oxygen atoms in total. The highest BCUT2D eigenvalue weighted by Gasteiger charge is 2.31. The zero-order valence-electron chi connectivity index (χ0n) is 8.76. The van der Waals surface area contributed by atoms with Crippen molar-refractivity contribution in [3.63, 3.8) is 0 Å². The molecule has 0 bridgehead atoms. The minimum absolute atomic E-state index is 0.137. The van der Waals surface area contributed by atoms with E-state index in [1.54, 1.807) is 0 Å². The summed E-state index contributed by atoms with van der Waals surface area (Å²) in [7, 11) is 0. The molecule has 1 rings (SSSR count). The maximum absolute atomic E-state index is 11.0. The highest BCUT2D eigenvalue weighted by atomic mass is 16.5. The second-order valence-electron chi connectivity index (χ2n) is 3.92. The Balaban J connectivity index is 2.31. The first-order valence-electron chi connectivity index (χ1n) is 5.27. The summed E-state index contributed by atoms with van der Waals surface area (Å²) in [6.45, 7) is 3.62. The van der Waals surface area contributed by atoms with Crippen LogP contribution in [0.1, 0.15) is 25.7 Å². The molecule has 0 aromatic carbocycles. The smallest absolute Gasteiger partial charge is 0.309 e. The Kier molecular flexibility index (Phi) is 4.78. The van der Waals surface area contributed by atoms with Crippen LogP contribution in [-0.2, 0) is 9.53 Å². The monoisotopic (exact) mass is 214 g/mol. The minimum Gasteiger partial charge on any atom is -0.465 e. The lowest BCUT2D eigenvalue weighted by molar-refractivity contribution is -0.147. The van der Waals surface area contributed by atoms with Crippen molar-refractivity contribution >= 4 is 5.97 Å². The highest BCUT2D eigenvalue weighted by Crippen LogP contribution is 2.25. The average molecular weight is 214 g/mol. The number of esters is 1. The fraction of sp³-hybridized carbons (Fsp3) is 0.727. The molecule has 4 heteroatoms. The van der Waals surface area contributed by atoms with E-state index in [2.05, 4.69) is 6.58 Å². The third-order valence-electron chi connectivity index (χ3n) is 2.72. The molecule has 0 aromatic heterocycles. The maximum atomic E-state index is 11.0. The van der Waals surface area contributed by atoms with Crippen molar-refractivity contribution in [2.24, 2.45) is 5.92 Å². The van der Waals surface area contributed by atoms with Gasteiger partial charge in [0.1, 0.15) is 0 Å². The molecule has 0 spiro atoms. The molecule has 0 amide bonds. The molecule has 0 aromatic rings. The summed E-state index contributed by atoms with van der Waals surface area (Å²) in [6.07, 6.45) is 2.50. The first-order valence-corrected chi connectivity index (χ1v) is 5.27. The van der Waals surface area contributed by atoms with Crippen LogP contribution >= 0.6 is 0 Å². The SMILES string of the molecule is C=CCC(=O)OCC1CCCC(O)C1O. The lowest BCUT2D eigenvalue weighted by Gasteiger charge is -2.31. The predicted molar refractivity (Wildman–Crippen MR) is 55.1 cm³/mol. The third kappa shape index (κ3) is 3.64. The molecule has 1 aliphatic carbocycles. The van der Waals surface area contributed by atoms with Gasteiger partial charge in [-0.3, -0.25) is 4.79 Å². The lowest BCUT2D eigenvalue weighted by Crippen LogP contribution is -2.39. The summed E-state index contributed by atoms with van der Waals surface area (Å²) in [5, 5.41) is 19.0. The first-order chi connectivity index (χ1) is 7.15. The number of carbonyl (C=O) groups is 1. The van der Waals surface area contributed by atoms with Gasteiger partial charge in [0.25, 0.3) is 0 Å². The van der Waals surface area contributed by atoms with E-state index >= 15 is 0 Å². The van der Waals surface area contributed by atoms with Gasteiger partial charge in [-0.15, -0.1) is 6.58 Å². The van der Waals surface area contributed by atoms with E-state index in [1.165, 1.54) is 6.08 Å². The van der Waals surface area contributed by atoms with Gasteiger partial charge in [-0.1, -0.05) is 12.5 Å². The quantitative estimate of drug-likeness (QED) is 0.532. The fourth-order valence-corrected chi connectivity index (χ4v) is 1.80. The number of rotatable bonds is 4. The van der Waals surface area contributed by atoms with Gasteiger partial charge >= 0.3 is 5.97 Å². The van der Waals surface area contributed by atoms with Crippen molar-refractivity contribution in [2.75, 3.05) is 6.61 Å². The van der Waals surface area contributed by atoms with Crippen LogP contribution in [0.5, 0.6) is 0 Å². The van der Waals surface area contributed by atoms with Crippen LogP contribution in [0.3, 0.4) is 0 Å². The molecule has 86 valence electrons. The zero-order valence-corrected chi connectivity index (χ0v) is 8.76. The fourth-order valence-electron chi connectivity index (χ4n) is 1.80. The van der Waals surface area contributed by atoms with Gasteiger partial charge in [0.15, 0.2) is 0 Å².